The minimum Gasteiger partial charge on any atom is -0.423 e. The van der Waals surface area contributed by atoms with Crippen LogP contribution in [0.3, 0.4) is 0 Å². The van der Waals surface area contributed by atoms with Crippen LogP contribution < -0.4 is 16.8 Å². The summed E-state index contributed by atoms with van der Waals surface area (Å²) in [5.41, 5.74) is 4.03. The van der Waals surface area contributed by atoms with Crippen molar-refractivity contribution in [3.8, 4) is 23.3 Å². The molecule has 0 unspecified atom stereocenters. The van der Waals surface area contributed by atoms with Crippen molar-refractivity contribution in [2.24, 2.45) is 0 Å². The van der Waals surface area contributed by atoms with Crippen LogP contribution in [0.4, 0.5) is 5.82 Å². The maximum Gasteiger partial charge on any atom is 0.491 e. The first-order chi connectivity index (χ1) is 10.8. The molecule has 10 heteroatoms. The number of hydrogen-bond acceptors (Lipinski definition) is 6. The topological polar surface area (TPSA) is 147 Å². The predicted octanol–water partition coefficient (Wildman–Crippen LogP) is 0.354. The largest absolute Gasteiger partial charge is 0.491 e. The number of nitrogens with one attached hydrogen (secondary N) is 1. The molecule has 1 aromatic heterocycles. The van der Waals surface area contributed by atoms with Crippen LogP contribution in [0.2, 0.25) is 10.0 Å². The summed E-state index contributed by atoms with van der Waals surface area (Å²) in [5, 5.41) is 37.0. The highest BCUT2D eigenvalue weighted by molar-refractivity contribution is 6.67. The third kappa shape index (κ3) is 2.77. The second-order valence-corrected chi connectivity index (χ2v) is 5.20. The SMILES string of the molecule is N#Cc1c(N)[nH]c(=O)c(C#N)c1-c1ccc(Cl)c(B(O)O)c1Cl. The summed E-state index contributed by atoms with van der Waals surface area (Å²) < 4.78 is 0. The van der Waals surface area contributed by atoms with E-state index in [0.717, 1.165) is 0 Å². The van der Waals surface area contributed by atoms with Crippen LogP contribution in [-0.4, -0.2) is 22.2 Å². The Morgan fingerprint density at radius 1 is 1.17 bits per heavy atom. The summed E-state index contributed by atoms with van der Waals surface area (Å²) in [6.45, 7) is 0. The first-order valence-electron chi connectivity index (χ1n) is 6.03. The van der Waals surface area contributed by atoms with E-state index in [1.807, 2.05) is 0 Å². The molecule has 0 bridgehead atoms. The highest BCUT2D eigenvalue weighted by atomic mass is 35.5. The van der Waals surface area contributed by atoms with Crippen molar-refractivity contribution in [2.45, 2.75) is 0 Å². The number of rotatable bonds is 2. The van der Waals surface area contributed by atoms with Gasteiger partial charge in [-0.3, -0.25) is 4.79 Å². The van der Waals surface area contributed by atoms with Gasteiger partial charge in [-0.05, 0) is 6.07 Å². The van der Waals surface area contributed by atoms with Gasteiger partial charge in [0.25, 0.3) is 5.56 Å². The molecule has 1 heterocycles. The van der Waals surface area contributed by atoms with Crippen LogP contribution in [0.5, 0.6) is 0 Å². The van der Waals surface area contributed by atoms with E-state index < -0.39 is 12.7 Å². The van der Waals surface area contributed by atoms with Crippen molar-refractivity contribution < 1.29 is 10.0 Å². The summed E-state index contributed by atoms with van der Waals surface area (Å²) >= 11 is 12.0. The van der Waals surface area contributed by atoms with E-state index in [-0.39, 0.29) is 43.6 Å². The highest BCUT2D eigenvalue weighted by Crippen LogP contribution is 2.34. The minimum absolute atomic E-state index is 0.0245. The molecule has 0 aliphatic heterocycles. The summed E-state index contributed by atoms with van der Waals surface area (Å²) in [4.78, 5) is 14.1. The van der Waals surface area contributed by atoms with E-state index >= 15 is 0 Å². The first kappa shape index (κ1) is 16.9. The van der Waals surface area contributed by atoms with Crippen LogP contribution in [-0.2, 0) is 0 Å². The zero-order valence-corrected chi connectivity index (χ0v) is 12.8. The molecule has 1 aromatic carbocycles. The van der Waals surface area contributed by atoms with Crippen molar-refractivity contribution in [1.29, 1.82) is 10.5 Å². The lowest BCUT2D eigenvalue weighted by Gasteiger charge is -2.14. The molecule has 0 fully saturated rings. The Labute approximate surface area is 140 Å². The lowest BCUT2D eigenvalue weighted by Crippen LogP contribution is -2.32. The monoisotopic (exact) mass is 348 g/mol. The van der Waals surface area contributed by atoms with Crippen LogP contribution in [0, 0.1) is 22.7 Å². The van der Waals surface area contributed by atoms with Crippen LogP contribution in [0.25, 0.3) is 11.1 Å². The fraction of sp³-hybridized carbons (Fsp3) is 0. The molecule has 0 aliphatic rings. The lowest BCUT2D eigenvalue weighted by molar-refractivity contribution is 0.426. The molecule has 0 aliphatic carbocycles. The number of nitrogen functional groups attached to an aromatic ring is 1. The average molecular weight is 349 g/mol. The Morgan fingerprint density at radius 2 is 1.78 bits per heavy atom. The fourth-order valence-corrected chi connectivity index (χ4v) is 2.77. The Bertz CT molecular complexity index is 944. The molecular formula is C13H7BCl2N4O3. The van der Waals surface area contributed by atoms with E-state index in [2.05, 4.69) is 4.98 Å². The van der Waals surface area contributed by atoms with Crippen molar-refractivity contribution in [3.63, 3.8) is 0 Å². The highest BCUT2D eigenvalue weighted by Gasteiger charge is 2.26. The van der Waals surface area contributed by atoms with Gasteiger partial charge in [0.1, 0.15) is 29.1 Å². The number of pyridine rings is 1. The van der Waals surface area contributed by atoms with Gasteiger partial charge in [-0.25, -0.2) is 0 Å². The first-order valence-corrected chi connectivity index (χ1v) is 6.79. The molecule has 2 rings (SSSR count). The Balaban J connectivity index is 3.00. The molecule has 7 nitrogen and oxygen atoms in total. The number of nitrogens with zero attached hydrogens (tertiary/aromatic N) is 2. The number of H-pyrrole nitrogens is 1. The molecule has 5 N–H and O–H groups in total. The number of nitriles is 2. The fourth-order valence-electron chi connectivity index (χ4n) is 2.11. The van der Waals surface area contributed by atoms with Gasteiger partial charge in [0.05, 0.1) is 0 Å². The van der Waals surface area contributed by atoms with E-state index in [1.165, 1.54) is 12.1 Å². The summed E-state index contributed by atoms with van der Waals surface area (Å²) in [6, 6.07) is 6.14. The molecular weight excluding hydrogens is 342 g/mol. The average Bonchev–Trinajstić information content (AvgIpc) is 2.46. The van der Waals surface area contributed by atoms with E-state index in [1.54, 1.807) is 12.1 Å². The van der Waals surface area contributed by atoms with Gasteiger partial charge < -0.3 is 20.8 Å². The number of anilines is 1. The number of nitrogens with two attached hydrogens (primary N) is 1. The van der Waals surface area contributed by atoms with Crippen LogP contribution in [0.1, 0.15) is 11.1 Å². The van der Waals surface area contributed by atoms with E-state index in [9.17, 15) is 25.4 Å². The molecule has 0 radical (unpaired) electrons. The maximum absolute atomic E-state index is 11.9. The third-order valence-electron chi connectivity index (χ3n) is 3.12. The molecule has 0 atom stereocenters. The van der Waals surface area contributed by atoms with Crippen LogP contribution >= 0.6 is 23.2 Å². The van der Waals surface area contributed by atoms with Gasteiger partial charge in [0, 0.05) is 26.6 Å². The molecule has 114 valence electrons. The van der Waals surface area contributed by atoms with Gasteiger partial charge in [0.2, 0.25) is 0 Å². The quantitative estimate of drug-likeness (QED) is 0.576. The standard InChI is InChI=1S/C13H7BCl2N4O3/c15-8-2-1-5(11(16)10(8)14(22)23)9-6(3-17)12(19)20-13(21)7(9)4-18/h1-2,22-23H,(H3,19,20,21). The summed E-state index contributed by atoms with van der Waals surface area (Å²) in [5.74, 6) is -0.233. The third-order valence-corrected chi connectivity index (χ3v) is 3.86. The smallest absolute Gasteiger partial charge is 0.423 e. The predicted molar refractivity (Wildman–Crippen MR) is 86.2 cm³/mol. The summed E-state index contributed by atoms with van der Waals surface area (Å²) in [7, 11) is -1.98. The lowest BCUT2D eigenvalue weighted by atomic mass is 9.78. The number of aromatic amines is 1. The van der Waals surface area contributed by atoms with Gasteiger partial charge in [0.15, 0.2) is 0 Å². The zero-order valence-electron chi connectivity index (χ0n) is 11.3. The van der Waals surface area contributed by atoms with Gasteiger partial charge in [-0.2, -0.15) is 10.5 Å². The Hall–Kier alpha value is -2.49. The van der Waals surface area contributed by atoms with Gasteiger partial charge >= 0.3 is 7.12 Å². The normalized spacial score (nSPS) is 10.0. The number of benzene rings is 1. The Morgan fingerprint density at radius 3 is 2.30 bits per heavy atom. The Kier molecular flexibility index (Phi) is 4.64. The molecule has 0 saturated heterocycles. The minimum atomic E-state index is -1.98. The van der Waals surface area contributed by atoms with Gasteiger partial charge in [-0.15, -0.1) is 0 Å². The second-order valence-electron chi connectivity index (χ2n) is 4.41. The van der Waals surface area contributed by atoms with E-state index in [0.29, 0.717) is 0 Å². The van der Waals surface area contributed by atoms with Gasteiger partial charge in [-0.1, -0.05) is 29.3 Å². The molecule has 2 aromatic rings. The number of halogens is 2. The van der Waals surface area contributed by atoms with Crippen molar-refractivity contribution >= 4 is 41.6 Å². The molecule has 0 saturated carbocycles. The van der Waals surface area contributed by atoms with Crippen LogP contribution in [0.15, 0.2) is 16.9 Å². The zero-order chi connectivity index (χ0) is 17.3. The van der Waals surface area contributed by atoms with Crippen molar-refractivity contribution in [3.05, 3.63) is 43.7 Å². The summed E-state index contributed by atoms with van der Waals surface area (Å²) in [6.07, 6.45) is 0. The number of aromatic nitrogens is 1. The van der Waals surface area contributed by atoms with Crippen molar-refractivity contribution in [2.75, 3.05) is 5.73 Å². The van der Waals surface area contributed by atoms with Crippen molar-refractivity contribution in [1.82, 2.24) is 4.98 Å². The second kappa shape index (κ2) is 6.33. The maximum atomic E-state index is 11.9. The van der Waals surface area contributed by atoms with E-state index in [4.69, 9.17) is 28.9 Å². The molecule has 23 heavy (non-hydrogen) atoms. The molecule has 0 amide bonds. The number of hydrogen-bond donors (Lipinski definition) is 4. The molecule has 0 spiro atoms.